The molecular weight excluding hydrogens is 689 g/mol. The van der Waals surface area contributed by atoms with Crippen molar-refractivity contribution in [1.29, 1.82) is 0 Å². The number of nitrogens with two attached hydrogens (primary N) is 2. The number of aromatic nitrogens is 2. The summed E-state index contributed by atoms with van der Waals surface area (Å²) >= 11 is 0. The molecule has 0 spiro atoms. The van der Waals surface area contributed by atoms with Gasteiger partial charge in [0.15, 0.2) is 0 Å². The summed E-state index contributed by atoms with van der Waals surface area (Å²) < 4.78 is 2.40. The normalized spacial score (nSPS) is 11.5. The van der Waals surface area contributed by atoms with E-state index in [1.807, 2.05) is 24.3 Å². The molecule has 2 aromatic heterocycles. The number of nitrogens with zero attached hydrogens (tertiary/aromatic N) is 5. The summed E-state index contributed by atoms with van der Waals surface area (Å²) in [7, 11) is 8.46. The summed E-state index contributed by atoms with van der Waals surface area (Å²) in [5.41, 5.74) is 27.1. The van der Waals surface area contributed by atoms with E-state index in [0.717, 1.165) is 74.5 Å². The number of aromatic amines is 1. The van der Waals surface area contributed by atoms with E-state index in [0.29, 0.717) is 0 Å². The molecule has 7 aromatic carbocycles. The first-order chi connectivity index (χ1) is 27.2. The van der Waals surface area contributed by atoms with Gasteiger partial charge in [0.2, 0.25) is 0 Å². The molecule has 0 aliphatic rings. The molecule has 5 N–H and O–H groups in total. The zero-order valence-corrected chi connectivity index (χ0v) is 32.5. The molecule has 0 unspecified atom stereocenters. The van der Waals surface area contributed by atoms with Gasteiger partial charge in [-0.05, 0) is 153 Å². The van der Waals surface area contributed by atoms with Crippen molar-refractivity contribution in [3.63, 3.8) is 0 Å². The minimum atomic E-state index is 0.760. The standard InChI is InChI=1S/C48H46N8/c1-6-56-47-25-21-39(53(3)34-13-9-32(50)10-14-34)29-43(47)44-30-40(22-26-48(44)56)55(5)36-17-15-35(16-18-36)54(4)38-20-24-46-42(28-38)41-27-37(19-23-45(41)51-46)52(2)33-11-7-31(49)8-12-33/h7-30,51H,6,49-50H2,1-5H3. The Balaban J connectivity index is 0.990. The SMILES string of the molecule is CCn1c2ccc(N(C)c3ccc(N)cc3)cc2c2cc(N(C)c3ccc(N(C)c4ccc5[nH]c6ccc(N(C)c7ccc(N)cc7)cc6c5c4)cc3)ccc21. The summed E-state index contributed by atoms with van der Waals surface area (Å²) in [4.78, 5) is 12.5. The van der Waals surface area contributed by atoms with Gasteiger partial charge >= 0.3 is 0 Å². The van der Waals surface area contributed by atoms with Gasteiger partial charge in [0.1, 0.15) is 0 Å². The topological polar surface area (TPSA) is 85.7 Å². The van der Waals surface area contributed by atoms with Gasteiger partial charge in [-0.3, -0.25) is 0 Å². The first kappa shape index (κ1) is 34.7. The van der Waals surface area contributed by atoms with Crippen molar-refractivity contribution >= 4 is 100 Å². The van der Waals surface area contributed by atoms with Crippen LogP contribution >= 0.6 is 0 Å². The van der Waals surface area contributed by atoms with Crippen LogP contribution in [0.5, 0.6) is 0 Å². The van der Waals surface area contributed by atoms with E-state index in [1.165, 1.54) is 32.6 Å². The van der Waals surface area contributed by atoms with Crippen LogP contribution in [0.4, 0.5) is 56.9 Å². The van der Waals surface area contributed by atoms with Gasteiger partial charge in [0.25, 0.3) is 0 Å². The Morgan fingerprint density at radius 2 is 0.679 bits per heavy atom. The van der Waals surface area contributed by atoms with Gasteiger partial charge in [-0.1, -0.05) is 0 Å². The molecule has 278 valence electrons. The number of nitrogen functional groups attached to an aromatic ring is 2. The van der Waals surface area contributed by atoms with Gasteiger partial charge in [0.05, 0.1) is 0 Å². The number of H-pyrrole nitrogens is 1. The van der Waals surface area contributed by atoms with Gasteiger partial charge in [0, 0.05) is 135 Å². The number of fused-ring (bicyclic) bond motifs is 6. The zero-order valence-electron chi connectivity index (χ0n) is 32.5. The predicted molar refractivity (Wildman–Crippen MR) is 241 cm³/mol. The van der Waals surface area contributed by atoms with E-state index in [9.17, 15) is 0 Å². The lowest BCUT2D eigenvalue weighted by Crippen LogP contribution is -2.11. The van der Waals surface area contributed by atoms with Crippen molar-refractivity contribution < 1.29 is 0 Å². The fourth-order valence-electron chi connectivity index (χ4n) is 8.02. The van der Waals surface area contributed by atoms with E-state index >= 15 is 0 Å². The molecule has 0 atom stereocenters. The van der Waals surface area contributed by atoms with Crippen LogP contribution in [-0.4, -0.2) is 37.7 Å². The van der Waals surface area contributed by atoms with Gasteiger partial charge in [-0.25, -0.2) is 0 Å². The lowest BCUT2D eigenvalue weighted by atomic mass is 10.1. The fraction of sp³-hybridized carbons (Fsp3) is 0.125. The van der Waals surface area contributed by atoms with Gasteiger partial charge in [-0.2, -0.15) is 0 Å². The van der Waals surface area contributed by atoms with E-state index in [4.69, 9.17) is 11.5 Å². The minimum absolute atomic E-state index is 0.760. The molecule has 0 fully saturated rings. The highest BCUT2D eigenvalue weighted by molar-refractivity contribution is 6.11. The van der Waals surface area contributed by atoms with Crippen LogP contribution < -0.4 is 31.1 Å². The Bertz CT molecular complexity index is 2870. The first-order valence-electron chi connectivity index (χ1n) is 19.0. The maximum Gasteiger partial charge on any atom is 0.0492 e. The third kappa shape index (κ3) is 5.96. The molecule has 0 radical (unpaired) electrons. The maximum atomic E-state index is 5.97. The number of nitrogens with one attached hydrogen (secondary N) is 1. The summed E-state index contributed by atoms with van der Waals surface area (Å²) in [6, 6.07) is 51.6. The molecule has 2 heterocycles. The van der Waals surface area contributed by atoms with Gasteiger partial charge < -0.3 is 40.6 Å². The van der Waals surface area contributed by atoms with Crippen molar-refractivity contribution in [2.75, 3.05) is 59.3 Å². The predicted octanol–water partition coefficient (Wildman–Crippen LogP) is 11.7. The fourth-order valence-corrected chi connectivity index (χ4v) is 8.02. The molecule has 9 rings (SSSR count). The molecule has 0 saturated heterocycles. The molecular formula is C48H46N8. The molecule has 9 aromatic rings. The summed E-state index contributed by atoms with van der Waals surface area (Å²) in [6.07, 6.45) is 0. The molecule has 0 bridgehead atoms. The highest BCUT2D eigenvalue weighted by Crippen LogP contribution is 2.39. The lowest BCUT2D eigenvalue weighted by Gasteiger charge is -2.23. The van der Waals surface area contributed by atoms with Crippen LogP contribution in [0.15, 0.2) is 146 Å². The number of anilines is 10. The lowest BCUT2D eigenvalue weighted by molar-refractivity contribution is 0.827. The van der Waals surface area contributed by atoms with Gasteiger partial charge in [-0.15, -0.1) is 0 Å². The Morgan fingerprint density at radius 3 is 1.02 bits per heavy atom. The van der Waals surface area contributed by atoms with Crippen LogP contribution in [0.2, 0.25) is 0 Å². The summed E-state index contributed by atoms with van der Waals surface area (Å²) in [5, 5.41) is 4.87. The molecule has 0 saturated carbocycles. The van der Waals surface area contributed by atoms with Crippen LogP contribution in [0.1, 0.15) is 6.92 Å². The van der Waals surface area contributed by atoms with Crippen LogP contribution in [0.3, 0.4) is 0 Å². The zero-order chi connectivity index (χ0) is 38.7. The molecule has 0 amide bonds. The average molecular weight is 735 g/mol. The Hall–Kier alpha value is -7.06. The monoisotopic (exact) mass is 734 g/mol. The van der Waals surface area contributed by atoms with Crippen LogP contribution in [-0.2, 0) is 6.54 Å². The van der Waals surface area contributed by atoms with E-state index < -0.39 is 0 Å². The minimum Gasteiger partial charge on any atom is -0.399 e. The third-order valence-electron chi connectivity index (χ3n) is 11.4. The second kappa shape index (κ2) is 13.7. The Labute approximate surface area is 327 Å². The quantitative estimate of drug-likeness (QED) is 0.128. The van der Waals surface area contributed by atoms with Crippen molar-refractivity contribution in [3.05, 3.63) is 146 Å². The Kier molecular flexibility index (Phi) is 8.46. The van der Waals surface area contributed by atoms with E-state index in [1.54, 1.807) is 0 Å². The average Bonchev–Trinajstić information content (AvgIpc) is 3.76. The van der Waals surface area contributed by atoms with Crippen molar-refractivity contribution in [2.45, 2.75) is 13.5 Å². The molecule has 8 heteroatoms. The number of rotatable bonds is 9. The third-order valence-corrected chi connectivity index (χ3v) is 11.4. The second-order valence-corrected chi connectivity index (χ2v) is 14.7. The van der Waals surface area contributed by atoms with Crippen LogP contribution in [0.25, 0.3) is 43.6 Å². The van der Waals surface area contributed by atoms with E-state index in [-0.39, 0.29) is 0 Å². The maximum absolute atomic E-state index is 5.97. The molecule has 56 heavy (non-hydrogen) atoms. The molecule has 0 aliphatic heterocycles. The highest BCUT2D eigenvalue weighted by atomic mass is 15.1. The summed E-state index contributed by atoms with van der Waals surface area (Å²) in [6.45, 7) is 3.11. The second-order valence-electron chi connectivity index (χ2n) is 14.7. The largest absolute Gasteiger partial charge is 0.399 e. The number of aryl methyl sites for hydroxylation is 1. The Morgan fingerprint density at radius 1 is 0.393 bits per heavy atom. The first-order valence-corrected chi connectivity index (χ1v) is 19.0. The van der Waals surface area contributed by atoms with Crippen molar-refractivity contribution in [1.82, 2.24) is 9.55 Å². The number of hydrogen-bond acceptors (Lipinski definition) is 6. The number of benzene rings is 7. The van der Waals surface area contributed by atoms with Crippen molar-refractivity contribution in [3.8, 4) is 0 Å². The van der Waals surface area contributed by atoms with Crippen LogP contribution in [0, 0.1) is 0 Å². The summed E-state index contributed by atoms with van der Waals surface area (Å²) in [5.74, 6) is 0. The highest BCUT2D eigenvalue weighted by Gasteiger charge is 2.16. The van der Waals surface area contributed by atoms with E-state index in [2.05, 4.69) is 186 Å². The molecule has 0 aliphatic carbocycles. The van der Waals surface area contributed by atoms with Crippen molar-refractivity contribution in [2.24, 2.45) is 0 Å². The smallest absolute Gasteiger partial charge is 0.0492 e. The molecule has 8 nitrogen and oxygen atoms in total. The number of hydrogen-bond donors (Lipinski definition) is 3.